The number of rotatable bonds is 7. The van der Waals surface area contributed by atoms with Crippen LogP contribution in [0.4, 0.5) is 14.5 Å². The first-order chi connectivity index (χ1) is 8.81. The molecule has 1 heterocycles. The molecule has 1 rings (SSSR count). The largest absolute Gasteiger partial charge is 0.481 e. The van der Waals surface area contributed by atoms with E-state index in [2.05, 4.69) is 9.84 Å². The lowest BCUT2D eigenvalue weighted by molar-refractivity contribution is -0.386. The van der Waals surface area contributed by atoms with E-state index >= 15 is 0 Å². The van der Waals surface area contributed by atoms with E-state index in [1.807, 2.05) is 0 Å². The van der Waals surface area contributed by atoms with Crippen molar-refractivity contribution in [1.29, 1.82) is 0 Å². The van der Waals surface area contributed by atoms with Crippen molar-refractivity contribution in [3.8, 4) is 5.88 Å². The first kappa shape index (κ1) is 14.8. The van der Waals surface area contributed by atoms with Crippen LogP contribution in [-0.4, -0.2) is 38.8 Å². The maximum absolute atomic E-state index is 12.0. The zero-order valence-corrected chi connectivity index (χ0v) is 9.82. The maximum Gasteiger partial charge on any atom is 0.350 e. The number of nitrogens with zero attached hydrogens (tertiary/aromatic N) is 3. The molecule has 0 fully saturated rings. The second-order valence-corrected chi connectivity index (χ2v) is 3.74. The van der Waals surface area contributed by atoms with E-state index in [4.69, 9.17) is 5.11 Å². The Morgan fingerprint density at radius 1 is 1.68 bits per heavy atom. The number of carboxylic acids is 1. The van der Waals surface area contributed by atoms with Crippen LogP contribution in [0, 0.1) is 16.0 Å². The van der Waals surface area contributed by atoms with Crippen LogP contribution < -0.4 is 4.74 Å². The average Bonchev–Trinajstić information content (AvgIpc) is 2.69. The lowest BCUT2D eigenvalue weighted by Gasteiger charge is -2.04. The fourth-order valence-electron chi connectivity index (χ4n) is 1.22. The minimum Gasteiger partial charge on any atom is -0.481 e. The van der Waals surface area contributed by atoms with Crippen molar-refractivity contribution in [3.05, 3.63) is 16.3 Å². The minimum atomic E-state index is -2.79. The highest BCUT2D eigenvalue weighted by Gasteiger charge is 2.23. The van der Waals surface area contributed by atoms with Crippen LogP contribution in [0.25, 0.3) is 0 Å². The smallest absolute Gasteiger partial charge is 0.350 e. The maximum atomic E-state index is 12.0. The van der Waals surface area contributed by atoms with Gasteiger partial charge in [-0.1, -0.05) is 6.92 Å². The average molecular weight is 279 g/mol. The fourth-order valence-corrected chi connectivity index (χ4v) is 1.22. The topological polar surface area (TPSA) is 107 Å². The van der Waals surface area contributed by atoms with Gasteiger partial charge in [0.2, 0.25) is 0 Å². The summed E-state index contributed by atoms with van der Waals surface area (Å²) in [6, 6.07) is 0. The molecule has 0 saturated carbocycles. The summed E-state index contributed by atoms with van der Waals surface area (Å²) in [7, 11) is 0. The molecule has 0 saturated heterocycles. The number of hydrogen-bond donors (Lipinski definition) is 1. The monoisotopic (exact) mass is 279 g/mol. The van der Waals surface area contributed by atoms with Gasteiger partial charge in [-0.3, -0.25) is 19.6 Å². The Kier molecular flexibility index (Phi) is 4.73. The van der Waals surface area contributed by atoms with Crippen molar-refractivity contribution >= 4 is 11.7 Å². The van der Waals surface area contributed by atoms with Crippen molar-refractivity contribution in [2.75, 3.05) is 6.61 Å². The van der Waals surface area contributed by atoms with Crippen LogP contribution in [0.5, 0.6) is 5.88 Å². The molecule has 0 amide bonds. The van der Waals surface area contributed by atoms with Gasteiger partial charge in [-0.15, -0.1) is 5.10 Å². The van der Waals surface area contributed by atoms with Crippen LogP contribution in [0.2, 0.25) is 0 Å². The first-order valence-electron chi connectivity index (χ1n) is 5.16. The van der Waals surface area contributed by atoms with Gasteiger partial charge in [0.1, 0.15) is 6.20 Å². The number of carbonyl (C=O) groups is 1. The minimum absolute atomic E-state index is 0.131. The molecule has 0 bridgehead atoms. The number of aromatic nitrogens is 2. The van der Waals surface area contributed by atoms with Crippen LogP contribution in [0.15, 0.2) is 6.20 Å². The summed E-state index contributed by atoms with van der Waals surface area (Å²) in [6.07, 6.45) is -1.84. The Morgan fingerprint density at radius 2 is 2.32 bits per heavy atom. The molecule has 1 aromatic rings. The summed E-state index contributed by atoms with van der Waals surface area (Å²) in [5, 5.41) is 22.9. The second kappa shape index (κ2) is 6.07. The van der Waals surface area contributed by atoms with E-state index in [0.29, 0.717) is 0 Å². The lowest BCUT2D eigenvalue weighted by atomic mass is 10.2. The number of carboxylic acid groups (broad SMARTS) is 1. The number of halogens is 2. The van der Waals surface area contributed by atoms with Crippen molar-refractivity contribution in [3.63, 3.8) is 0 Å². The molecule has 0 aliphatic carbocycles. The van der Waals surface area contributed by atoms with E-state index in [0.717, 1.165) is 10.9 Å². The summed E-state index contributed by atoms with van der Waals surface area (Å²) in [5.74, 6) is -2.49. The highest BCUT2D eigenvalue weighted by molar-refractivity contribution is 5.69. The first-order valence-corrected chi connectivity index (χ1v) is 5.16. The van der Waals surface area contributed by atoms with E-state index in [-0.39, 0.29) is 6.54 Å². The van der Waals surface area contributed by atoms with Crippen LogP contribution >= 0.6 is 0 Å². The van der Waals surface area contributed by atoms with E-state index in [1.54, 1.807) is 0 Å². The normalized spacial score (nSPS) is 12.4. The number of ether oxygens (including phenoxy) is 1. The molecule has 0 radical (unpaired) electrons. The number of hydrogen-bond acceptors (Lipinski definition) is 5. The van der Waals surface area contributed by atoms with Crippen molar-refractivity contribution < 1.29 is 28.3 Å². The zero-order chi connectivity index (χ0) is 14.6. The highest BCUT2D eigenvalue weighted by Crippen LogP contribution is 2.25. The standard InChI is InChI=1S/C9H11F2N3O5/c1-5(9(15)16)2-13-3-6(14(17)18)8(12-13)19-4-7(10)11/h3,5,7H,2,4H2,1H3,(H,15,16). The van der Waals surface area contributed by atoms with Crippen molar-refractivity contribution in [1.82, 2.24) is 9.78 Å². The fraction of sp³-hybridized carbons (Fsp3) is 0.556. The summed E-state index contributed by atoms with van der Waals surface area (Å²) in [5.41, 5.74) is -0.585. The zero-order valence-electron chi connectivity index (χ0n) is 9.82. The third-order valence-electron chi connectivity index (χ3n) is 2.13. The van der Waals surface area contributed by atoms with Gasteiger partial charge in [0.05, 0.1) is 17.4 Å². The van der Waals surface area contributed by atoms with Gasteiger partial charge in [-0.2, -0.15) is 0 Å². The van der Waals surface area contributed by atoms with Gasteiger partial charge >= 0.3 is 17.5 Å². The Labute approximate surface area is 105 Å². The Balaban J connectivity index is 2.87. The quantitative estimate of drug-likeness (QED) is 0.592. The van der Waals surface area contributed by atoms with Gasteiger partial charge in [0.25, 0.3) is 6.43 Å². The summed E-state index contributed by atoms with van der Waals surface area (Å²) < 4.78 is 29.4. The van der Waals surface area contributed by atoms with Gasteiger partial charge < -0.3 is 9.84 Å². The molecule has 8 nitrogen and oxygen atoms in total. The van der Waals surface area contributed by atoms with Crippen molar-refractivity contribution in [2.24, 2.45) is 5.92 Å². The SMILES string of the molecule is CC(Cn1cc([N+](=O)[O-])c(OCC(F)F)n1)C(=O)O. The second-order valence-electron chi connectivity index (χ2n) is 3.74. The molecule has 0 aliphatic rings. The summed E-state index contributed by atoms with van der Waals surface area (Å²) in [6.45, 7) is 0.232. The van der Waals surface area contributed by atoms with Gasteiger partial charge in [0.15, 0.2) is 6.61 Å². The predicted molar refractivity (Wildman–Crippen MR) is 57.2 cm³/mol. The molecule has 1 atom stereocenters. The molecule has 0 spiro atoms. The van der Waals surface area contributed by atoms with Crippen LogP contribution in [0.3, 0.4) is 0 Å². The highest BCUT2D eigenvalue weighted by atomic mass is 19.3. The molecule has 10 heteroatoms. The summed E-state index contributed by atoms with van der Waals surface area (Å²) in [4.78, 5) is 20.5. The van der Waals surface area contributed by atoms with Gasteiger partial charge in [0, 0.05) is 0 Å². The number of nitro groups is 1. The van der Waals surface area contributed by atoms with E-state index < -0.39 is 41.4 Å². The number of alkyl halides is 2. The molecule has 0 aliphatic heterocycles. The Bertz CT molecular complexity index is 476. The third kappa shape index (κ3) is 4.16. The van der Waals surface area contributed by atoms with Crippen molar-refractivity contribution in [2.45, 2.75) is 19.9 Å². The molecule has 0 aromatic carbocycles. The predicted octanol–water partition coefficient (Wildman–Crippen LogP) is 1.16. The summed E-state index contributed by atoms with van der Waals surface area (Å²) >= 11 is 0. The molecular weight excluding hydrogens is 268 g/mol. The molecule has 19 heavy (non-hydrogen) atoms. The van der Waals surface area contributed by atoms with Crippen LogP contribution in [-0.2, 0) is 11.3 Å². The molecule has 1 aromatic heterocycles. The molecule has 1 N–H and O–H groups in total. The molecule has 106 valence electrons. The number of aliphatic carboxylic acids is 1. The van der Waals surface area contributed by atoms with E-state index in [9.17, 15) is 23.7 Å². The Morgan fingerprint density at radius 3 is 2.79 bits per heavy atom. The van der Waals surface area contributed by atoms with Gasteiger partial charge in [-0.05, 0) is 0 Å². The van der Waals surface area contributed by atoms with Gasteiger partial charge in [-0.25, -0.2) is 8.78 Å². The molecule has 1 unspecified atom stereocenters. The van der Waals surface area contributed by atoms with E-state index in [1.165, 1.54) is 6.92 Å². The third-order valence-corrected chi connectivity index (χ3v) is 2.13. The van der Waals surface area contributed by atoms with Crippen LogP contribution in [0.1, 0.15) is 6.92 Å². The lowest BCUT2D eigenvalue weighted by Crippen LogP contribution is -2.17. The Hall–Kier alpha value is -2.26. The molecular formula is C9H11F2N3O5.